The molecule has 30 heavy (non-hydrogen) atoms. The number of amides is 2. The summed E-state index contributed by atoms with van der Waals surface area (Å²) in [5.74, 6) is -0.121. The molecule has 10 heteroatoms. The molecule has 2 fully saturated rings. The lowest BCUT2D eigenvalue weighted by molar-refractivity contribution is -0.138. The zero-order valence-corrected chi connectivity index (χ0v) is 19.1. The first-order valence-electron chi connectivity index (χ1n) is 10.2. The van der Waals surface area contributed by atoms with Crippen molar-refractivity contribution in [3.63, 3.8) is 0 Å². The number of carbonyl (C=O) groups excluding carboxylic acids is 2. The third-order valence-corrected chi connectivity index (χ3v) is 8.27. The van der Waals surface area contributed by atoms with Crippen LogP contribution in [-0.4, -0.2) is 86.7 Å². The van der Waals surface area contributed by atoms with Crippen LogP contribution in [0.5, 0.6) is 0 Å². The van der Waals surface area contributed by atoms with E-state index in [0.717, 1.165) is 4.90 Å². The molecule has 0 saturated carbocycles. The van der Waals surface area contributed by atoms with Crippen LogP contribution >= 0.6 is 11.8 Å². The van der Waals surface area contributed by atoms with E-state index < -0.39 is 10.0 Å². The average Bonchev–Trinajstić information content (AvgIpc) is 2.79. The maximum Gasteiger partial charge on any atom is 0.409 e. The highest BCUT2D eigenvalue weighted by molar-refractivity contribution is 7.98. The minimum Gasteiger partial charge on any atom is -0.450 e. The van der Waals surface area contributed by atoms with Crippen molar-refractivity contribution in [3.05, 3.63) is 24.3 Å². The molecule has 2 heterocycles. The zero-order chi connectivity index (χ0) is 21.7. The number of benzene rings is 1. The van der Waals surface area contributed by atoms with Crippen molar-refractivity contribution in [2.24, 2.45) is 5.92 Å². The molecule has 1 aromatic carbocycles. The third-order valence-electron chi connectivity index (χ3n) is 5.62. The molecule has 0 unspecified atom stereocenters. The largest absolute Gasteiger partial charge is 0.450 e. The Labute approximate surface area is 182 Å². The van der Waals surface area contributed by atoms with Gasteiger partial charge in [-0.15, -0.1) is 11.8 Å². The van der Waals surface area contributed by atoms with Crippen LogP contribution in [0, 0.1) is 5.92 Å². The summed E-state index contributed by atoms with van der Waals surface area (Å²) in [6.07, 6.45) is 2.63. The first kappa shape index (κ1) is 22.9. The number of ether oxygens (including phenoxy) is 1. The first-order valence-corrected chi connectivity index (χ1v) is 12.9. The molecule has 3 rings (SSSR count). The second-order valence-electron chi connectivity index (χ2n) is 7.37. The molecule has 8 nitrogen and oxygen atoms in total. The van der Waals surface area contributed by atoms with Crippen LogP contribution in [0.3, 0.4) is 0 Å². The van der Waals surface area contributed by atoms with Gasteiger partial charge in [0.1, 0.15) is 0 Å². The number of rotatable bonds is 5. The summed E-state index contributed by atoms with van der Waals surface area (Å²) in [6, 6.07) is 6.90. The van der Waals surface area contributed by atoms with Gasteiger partial charge < -0.3 is 14.5 Å². The third kappa shape index (κ3) is 5.09. The van der Waals surface area contributed by atoms with Crippen molar-refractivity contribution in [3.8, 4) is 0 Å². The van der Waals surface area contributed by atoms with E-state index in [2.05, 4.69) is 0 Å². The van der Waals surface area contributed by atoms with Crippen LogP contribution in [-0.2, 0) is 19.6 Å². The lowest BCUT2D eigenvalue weighted by Crippen LogP contribution is -2.53. The number of carbonyl (C=O) groups is 2. The van der Waals surface area contributed by atoms with E-state index in [0.29, 0.717) is 63.6 Å². The highest BCUT2D eigenvalue weighted by Crippen LogP contribution is 2.26. The van der Waals surface area contributed by atoms with Gasteiger partial charge in [-0.05, 0) is 50.3 Å². The van der Waals surface area contributed by atoms with Crippen molar-refractivity contribution in [1.29, 1.82) is 0 Å². The normalized spacial score (nSPS) is 19.0. The second-order valence-corrected chi connectivity index (χ2v) is 10.2. The van der Waals surface area contributed by atoms with E-state index in [1.165, 1.54) is 4.31 Å². The fourth-order valence-electron chi connectivity index (χ4n) is 3.82. The topological polar surface area (TPSA) is 87.2 Å². The Morgan fingerprint density at radius 2 is 1.57 bits per heavy atom. The van der Waals surface area contributed by atoms with Gasteiger partial charge in [0.15, 0.2) is 0 Å². The fraction of sp³-hybridized carbons (Fsp3) is 0.600. The fourth-order valence-corrected chi connectivity index (χ4v) is 5.70. The van der Waals surface area contributed by atoms with Crippen molar-refractivity contribution in [2.75, 3.05) is 52.1 Å². The number of sulfonamides is 1. The predicted molar refractivity (Wildman–Crippen MR) is 115 cm³/mol. The van der Waals surface area contributed by atoms with Crippen LogP contribution in [0.2, 0.25) is 0 Å². The number of piperidine rings is 1. The van der Waals surface area contributed by atoms with Gasteiger partial charge in [-0.25, -0.2) is 13.2 Å². The number of thioether (sulfide) groups is 1. The second kappa shape index (κ2) is 10.0. The van der Waals surface area contributed by atoms with Crippen LogP contribution in [0.1, 0.15) is 19.8 Å². The van der Waals surface area contributed by atoms with Crippen LogP contribution < -0.4 is 0 Å². The first-order chi connectivity index (χ1) is 14.4. The Bertz CT molecular complexity index is 844. The van der Waals surface area contributed by atoms with Crippen molar-refractivity contribution in [1.82, 2.24) is 14.1 Å². The lowest BCUT2D eigenvalue weighted by atomic mass is 9.96. The lowest BCUT2D eigenvalue weighted by Gasteiger charge is -2.37. The molecule has 0 N–H and O–H groups in total. The molecule has 0 spiro atoms. The molecule has 0 atom stereocenters. The minimum atomic E-state index is -3.54. The van der Waals surface area contributed by atoms with Crippen molar-refractivity contribution >= 4 is 33.8 Å². The summed E-state index contributed by atoms with van der Waals surface area (Å²) in [5.41, 5.74) is 0. The van der Waals surface area contributed by atoms with E-state index in [-0.39, 0.29) is 17.9 Å². The molecule has 2 amide bonds. The Balaban J connectivity index is 1.52. The Morgan fingerprint density at radius 3 is 2.10 bits per heavy atom. The summed E-state index contributed by atoms with van der Waals surface area (Å²) in [4.78, 5) is 29.4. The van der Waals surface area contributed by atoms with E-state index in [1.54, 1.807) is 40.6 Å². The van der Waals surface area contributed by atoms with Gasteiger partial charge in [-0.3, -0.25) is 4.79 Å². The average molecular weight is 456 g/mol. The molecule has 2 aliphatic rings. The highest BCUT2D eigenvalue weighted by atomic mass is 32.2. The van der Waals surface area contributed by atoms with Gasteiger partial charge in [-0.2, -0.15) is 4.31 Å². The molecule has 0 aliphatic carbocycles. The maximum atomic E-state index is 12.9. The van der Waals surface area contributed by atoms with Gasteiger partial charge in [0.2, 0.25) is 15.9 Å². The van der Waals surface area contributed by atoms with E-state index in [9.17, 15) is 18.0 Å². The zero-order valence-electron chi connectivity index (χ0n) is 17.5. The van der Waals surface area contributed by atoms with Gasteiger partial charge in [0.05, 0.1) is 11.5 Å². The smallest absolute Gasteiger partial charge is 0.409 e. The summed E-state index contributed by atoms with van der Waals surface area (Å²) in [5, 5.41) is 0. The van der Waals surface area contributed by atoms with Crippen LogP contribution in [0.25, 0.3) is 0 Å². The summed E-state index contributed by atoms with van der Waals surface area (Å²) in [7, 11) is -3.54. The van der Waals surface area contributed by atoms with Crippen LogP contribution in [0.15, 0.2) is 34.1 Å². The summed E-state index contributed by atoms with van der Waals surface area (Å²) >= 11 is 1.57. The Hall–Kier alpha value is -1.78. The van der Waals surface area contributed by atoms with Gasteiger partial charge in [0.25, 0.3) is 0 Å². The number of piperazine rings is 1. The van der Waals surface area contributed by atoms with Crippen molar-refractivity contribution in [2.45, 2.75) is 29.6 Å². The SMILES string of the molecule is CCOC(=O)N1CCN(C(=O)C2CCN(S(=O)(=O)c3ccc(SC)cc3)CC2)CC1. The van der Waals surface area contributed by atoms with E-state index in [4.69, 9.17) is 4.74 Å². The molecular weight excluding hydrogens is 426 g/mol. The highest BCUT2D eigenvalue weighted by Gasteiger charge is 2.35. The van der Waals surface area contributed by atoms with Gasteiger partial charge in [-0.1, -0.05) is 0 Å². The molecule has 0 bridgehead atoms. The monoisotopic (exact) mass is 455 g/mol. The molecule has 2 aliphatic heterocycles. The number of hydrogen-bond donors (Lipinski definition) is 0. The van der Waals surface area contributed by atoms with Gasteiger partial charge >= 0.3 is 6.09 Å². The minimum absolute atomic E-state index is 0.0554. The maximum absolute atomic E-state index is 12.9. The number of nitrogens with zero attached hydrogens (tertiary/aromatic N) is 3. The molecule has 0 aromatic heterocycles. The predicted octanol–water partition coefficient (Wildman–Crippen LogP) is 2.11. The van der Waals surface area contributed by atoms with Gasteiger partial charge in [0, 0.05) is 50.1 Å². The summed E-state index contributed by atoms with van der Waals surface area (Å²) < 4.78 is 32.3. The van der Waals surface area contributed by atoms with E-state index in [1.807, 2.05) is 18.4 Å². The molecule has 2 saturated heterocycles. The standard InChI is InChI=1S/C20H29N3O5S2/c1-3-28-20(25)22-14-12-21(13-15-22)19(24)16-8-10-23(11-9-16)30(26,27)18-6-4-17(29-2)5-7-18/h4-7,16H,3,8-15H2,1-2H3. The Morgan fingerprint density at radius 1 is 1.00 bits per heavy atom. The van der Waals surface area contributed by atoms with E-state index >= 15 is 0 Å². The quantitative estimate of drug-likeness (QED) is 0.632. The summed E-state index contributed by atoms with van der Waals surface area (Å²) in [6.45, 7) is 4.67. The molecule has 0 radical (unpaired) electrons. The molecule has 1 aromatic rings. The molecular formula is C20H29N3O5S2. The number of hydrogen-bond acceptors (Lipinski definition) is 6. The van der Waals surface area contributed by atoms with Crippen LogP contribution in [0.4, 0.5) is 4.79 Å². The Kier molecular flexibility index (Phi) is 7.65. The van der Waals surface area contributed by atoms with Crippen molar-refractivity contribution < 1.29 is 22.7 Å². The molecule has 166 valence electrons.